The van der Waals surface area contributed by atoms with E-state index in [0.717, 1.165) is 29.2 Å². The van der Waals surface area contributed by atoms with Gasteiger partial charge in [-0.3, -0.25) is 4.98 Å². The highest BCUT2D eigenvalue weighted by Crippen LogP contribution is 2.25. The van der Waals surface area contributed by atoms with Crippen LogP contribution < -0.4 is 5.32 Å². The first-order valence-electron chi connectivity index (χ1n) is 7.03. The molecule has 1 heterocycles. The molecule has 0 saturated heterocycles. The van der Waals surface area contributed by atoms with Gasteiger partial charge in [-0.15, -0.1) is 0 Å². The van der Waals surface area contributed by atoms with Gasteiger partial charge >= 0.3 is 0 Å². The van der Waals surface area contributed by atoms with Crippen molar-refractivity contribution in [3.8, 4) is 0 Å². The molecule has 1 atom stereocenters. The lowest BCUT2D eigenvalue weighted by molar-refractivity contribution is 0.596. The molecule has 2 nitrogen and oxygen atoms in total. The molecule has 1 aromatic carbocycles. The van der Waals surface area contributed by atoms with Crippen LogP contribution in [0.25, 0.3) is 0 Å². The Morgan fingerprint density at radius 1 is 1.15 bits per heavy atom. The monoisotopic (exact) mass is 288 g/mol. The summed E-state index contributed by atoms with van der Waals surface area (Å²) in [6.07, 6.45) is 3.05. The van der Waals surface area contributed by atoms with Crippen LogP contribution in [0.2, 0.25) is 5.02 Å². The fourth-order valence-electron chi connectivity index (χ4n) is 2.21. The molecular formula is C17H21ClN2. The summed E-state index contributed by atoms with van der Waals surface area (Å²) in [6, 6.07) is 10.6. The van der Waals surface area contributed by atoms with Crippen LogP contribution in [0.5, 0.6) is 0 Å². The lowest BCUT2D eigenvalue weighted by Crippen LogP contribution is -2.23. The summed E-state index contributed by atoms with van der Waals surface area (Å²) in [6.45, 7) is 7.19. The predicted octanol–water partition coefficient (Wildman–Crippen LogP) is 4.44. The molecule has 0 spiro atoms. The number of hydrogen-bond acceptors (Lipinski definition) is 2. The second-order valence-corrected chi connectivity index (χ2v) is 5.54. The molecule has 0 aliphatic carbocycles. The minimum atomic E-state index is 0.166. The minimum absolute atomic E-state index is 0.166. The highest BCUT2D eigenvalue weighted by molar-refractivity contribution is 6.31. The second kappa shape index (κ2) is 6.87. The van der Waals surface area contributed by atoms with E-state index in [4.69, 9.17) is 11.6 Å². The van der Waals surface area contributed by atoms with Crippen molar-refractivity contribution in [3.63, 3.8) is 0 Å². The number of aryl methyl sites for hydroxylation is 2. The van der Waals surface area contributed by atoms with Gasteiger partial charge in [-0.2, -0.15) is 0 Å². The van der Waals surface area contributed by atoms with E-state index in [0.29, 0.717) is 0 Å². The molecule has 3 heteroatoms. The van der Waals surface area contributed by atoms with Gasteiger partial charge in [-0.05, 0) is 55.6 Å². The quantitative estimate of drug-likeness (QED) is 0.880. The summed E-state index contributed by atoms with van der Waals surface area (Å²) in [4.78, 5) is 4.41. The maximum atomic E-state index is 6.12. The van der Waals surface area contributed by atoms with E-state index in [1.165, 1.54) is 11.1 Å². The molecule has 2 rings (SSSR count). The molecule has 1 unspecified atom stereocenters. The Balaban J connectivity index is 2.35. The normalized spacial score (nSPS) is 12.4. The molecule has 0 bridgehead atoms. The van der Waals surface area contributed by atoms with Gasteiger partial charge in [0.2, 0.25) is 0 Å². The molecule has 20 heavy (non-hydrogen) atoms. The number of aromatic nitrogens is 1. The number of nitrogens with zero attached hydrogens (tertiary/aromatic N) is 1. The topological polar surface area (TPSA) is 24.9 Å². The first kappa shape index (κ1) is 15.0. The highest BCUT2D eigenvalue weighted by Gasteiger charge is 2.14. The summed E-state index contributed by atoms with van der Waals surface area (Å²) >= 11 is 6.12. The number of benzene rings is 1. The summed E-state index contributed by atoms with van der Waals surface area (Å²) in [5, 5.41) is 4.40. The van der Waals surface area contributed by atoms with E-state index >= 15 is 0 Å². The zero-order valence-corrected chi connectivity index (χ0v) is 13.0. The summed E-state index contributed by atoms with van der Waals surface area (Å²) in [7, 11) is 0. The van der Waals surface area contributed by atoms with Crippen molar-refractivity contribution in [2.45, 2.75) is 33.2 Å². The largest absolute Gasteiger partial charge is 0.306 e. The Labute approximate surface area is 126 Å². The Morgan fingerprint density at radius 3 is 2.50 bits per heavy atom. The van der Waals surface area contributed by atoms with Crippen molar-refractivity contribution in [1.82, 2.24) is 10.3 Å². The van der Waals surface area contributed by atoms with Gasteiger partial charge in [-0.1, -0.05) is 36.7 Å². The molecule has 0 amide bonds. The van der Waals surface area contributed by atoms with Crippen molar-refractivity contribution in [3.05, 3.63) is 63.9 Å². The lowest BCUT2D eigenvalue weighted by Gasteiger charge is -2.20. The summed E-state index contributed by atoms with van der Waals surface area (Å²) < 4.78 is 0. The van der Waals surface area contributed by atoms with Gasteiger partial charge in [-0.25, -0.2) is 0 Å². The molecule has 0 fully saturated rings. The van der Waals surface area contributed by atoms with Crippen molar-refractivity contribution in [1.29, 1.82) is 0 Å². The molecule has 1 N–H and O–H groups in total. The molecule has 0 saturated carbocycles. The molecule has 106 valence electrons. The van der Waals surface area contributed by atoms with Crippen LogP contribution in [0.4, 0.5) is 0 Å². The van der Waals surface area contributed by atoms with E-state index in [-0.39, 0.29) is 6.04 Å². The Morgan fingerprint density at radius 2 is 1.90 bits per heavy atom. The summed E-state index contributed by atoms with van der Waals surface area (Å²) in [5.74, 6) is 0. The molecule has 2 aromatic rings. The van der Waals surface area contributed by atoms with Crippen molar-refractivity contribution < 1.29 is 0 Å². The van der Waals surface area contributed by atoms with Crippen molar-refractivity contribution in [2.24, 2.45) is 0 Å². The van der Waals surface area contributed by atoms with Crippen molar-refractivity contribution >= 4 is 11.6 Å². The van der Waals surface area contributed by atoms with E-state index in [1.54, 1.807) is 0 Å². The Kier molecular flexibility index (Phi) is 5.16. The van der Waals surface area contributed by atoms with Crippen LogP contribution in [0.15, 0.2) is 36.5 Å². The molecule has 1 aromatic heterocycles. The third kappa shape index (κ3) is 3.59. The Hall–Kier alpha value is -1.38. The first-order valence-corrected chi connectivity index (χ1v) is 7.41. The SMILES string of the molecule is CCCNC(c1ccc(C)nc1)c1ccc(Cl)c(C)c1. The second-order valence-electron chi connectivity index (χ2n) is 5.13. The Bertz CT molecular complexity index is 564. The van der Waals surface area contributed by atoms with Gasteiger partial charge < -0.3 is 5.32 Å². The molecular weight excluding hydrogens is 268 g/mol. The van der Waals surface area contributed by atoms with Crippen LogP contribution in [-0.4, -0.2) is 11.5 Å². The predicted molar refractivity (Wildman–Crippen MR) is 85.3 cm³/mol. The third-order valence-corrected chi connectivity index (χ3v) is 3.81. The number of rotatable bonds is 5. The number of nitrogens with one attached hydrogen (secondary N) is 1. The maximum absolute atomic E-state index is 6.12. The van der Waals surface area contributed by atoms with Gasteiger partial charge in [0, 0.05) is 16.9 Å². The fourth-order valence-corrected chi connectivity index (χ4v) is 2.33. The van der Waals surface area contributed by atoms with Gasteiger partial charge in [0.1, 0.15) is 0 Å². The highest BCUT2D eigenvalue weighted by atomic mass is 35.5. The average molecular weight is 289 g/mol. The zero-order valence-electron chi connectivity index (χ0n) is 12.3. The standard InChI is InChI=1S/C17H21ClN2/c1-4-9-19-17(15-6-5-13(3)20-11-15)14-7-8-16(18)12(2)10-14/h5-8,10-11,17,19H,4,9H2,1-3H3. The average Bonchev–Trinajstić information content (AvgIpc) is 2.45. The van der Waals surface area contributed by atoms with Crippen LogP contribution in [0.3, 0.4) is 0 Å². The molecule has 0 aliphatic heterocycles. The van der Waals surface area contributed by atoms with Gasteiger partial charge in [0.15, 0.2) is 0 Å². The zero-order chi connectivity index (χ0) is 14.5. The maximum Gasteiger partial charge on any atom is 0.0592 e. The van der Waals surface area contributed by atoms with Crippen LogP contribution in [0.1, 0.15) is 41.8 Å². The minimum Gasteiger partial charge on any atom is -0.306 e. The van der Waals surface area contributed by atoms with Crippen LogP contribution in [0, 0.1) is 13.8 Å². The van der Waals surface area contributed by atoms with E-state index in [1.807, 2.05) is 26.1 Å². The van der Waals surface area contributed by atoms with E-state index < -0.39 is 0 Å². The van der Waals surface area contributed by atoms with E-state index in [9.17, 15) is 0 Å². The van der Waals surface area contributed by atoms with Crippen LogP contribution in [-0.2, 0) is 0 Å². The molecule has 0 aliphatic rings. The molecule has 0 radical (unpaired) electrons. The van der Waals surface area contributed by atoms with Gasteiger partial charge in [0.05, 0.1) is 6.04 Å². The smallest absolute Gasteiger partial charge is 0.0592 e. The van der Waals surface area contributed by atoms with Crippen molar-refractivity contribution in [2.75, 3.05) is 6.54 Å². The first-order chi connectivity index (χ1) is 9.61. The lowest BCUT2D eigenvalue weighted by atomic mass is 9.98. The van der Waals surface area contributed by atoms with E-state index in [2.05, 4.69) is 41.5 Å². The van der Waals surface area contributed by atoms with Gasteiger partial charge in [0.25, 0.3) is 0 Å². The summed E-state index contributed by atoms with van der Waals surface area (Å²) in [5.41, 5.74) is 4.56. The number of hydrogen-bond donors (Lipinski definition) is 1. The number of pyridine rings is 1. The third-order valence-electron chi connectivity index (χ3n) is 3.38. The van der Waals surface area contributed by atoms with Crippen LogP contribution >= 0.6 is 11.6 Å². The fraction of sp³-hybridized carbons (Fsp3) is 0.353. The number of halogens is 1.